The average Bonchev–Trinajstić information content (AvgIpc) is 2.43. The highest BCUT2D eigenvalue weighted by Crippen LogP contribution is 2.15. The van der Waals surface area contributed by atoms with Gasteiger partial charge in [0.1, 0.15) is 17.0 Å². The molecule has 1 N–H and O–H groups in total. The third-order valence-corrected chi connectivity index (χ3v) is 2.97. The zero-order valence-electron chi connectivity index (χ0n) is 11.7. The fourth-order valence-electron chi connectivity index (χ4n) is 1.93. The number of benzene rings is 1. The topological polar surface area (TPSA) is 45.2 Å². The predicted octanol–water partition coefficient (Wildman–Crippen LogP) is 2.06. The molecule has 4 nitrogen and oxygen atoms in total. The van der Waals surface area contributed by atoms with Crippen molar-refractivity contribution in [3.8, 4) is 0 Å². The second-order valence-corrected chi connectivity index (χ2v) is 4.92. The maximum absolute atomic E-state index is 13.6. The van der Waals surface area contributed by atoms with E-state index in [1.54, 1.807) is 24.3 Å². The molecule has 0 fully saturated rings. The van der Waals surface area contributed by atoms with Crippen molar-refractivity contribution in [2.45, 2.75) is 6.42 Å². The molecule has 106 valence electrons. The molecule has 5 heteroatoms. The fraction of sp³-hybridized carbons (Fsp3) is 0.333. The smallest absolute Gasteiger partial charge is 0.269 e. The van der Waals surface area contributed by atoms with E-state index < -0.39 is 5.82 Å². The van der Waals surface area contributed by atoms with Gasteiger partial charge in [0.05, 0.1) is 0 Å². The molecule has 1 heterocycles. The van der Waals surface area contributed by atoms with Crippen LogP contribution in [0.5, 0.6) is 0 Å². The standard InChI is InChI=1S/C15H18FN3O/c1-19(2)10-4-9-17-15(20)13-8-7-11-5-3-6-12(16)14(11)18-13/h3,5-8H,4,9-10H2,1-2H3,(H,17,20). The molecule has 2 aromatic rings. The summed E-state index contributed by atoms with van der Waals surface area (Å²) in [6.07, 6.45) is 0.862. The van der Waals surface area contributed by atoms with Crippen molar-refractivity contribution in [2.24, 2.45) is 0 Å². The molecule has 0 saturated carbocycles. The number of rotatable bonds is 5. The largest absolute Gasteiger partial charge is 0.351 e. The van der Waals surface area contributed by atoms with Gasteiger partial charge in [-0.2, -0.15) is 0 Å². The van der Waals surface area contributed by atoms with Gasteiger partial charge in [0.2, 0.25) is 0 Å². The van der Waals surface area contributed by atoms with Gasteiger partial charge in [-0.3, -0.25) is 4.79 Å². The van der Waals surface area contributed by atoms with E-state index in [1.165, 1.54) is 6.07 Å². The molecule has 0 bridgehead atoms. The van der Waals surface area contributed by atoms with E-state index in [0.29, 0.717) is 11.9 Å². The van der Waals surface area contributed by atoms with Gasteiger partial charge in [0.25, 0.3) is 5.91 Å². The Hall–Kier alpha value is -2.01. The third-order valence-electron chi connectivity index (χ3n) is 2.97. The van der Waals surface area contributed by atoms with Crippen molar-refractivity contribution in [2.75, 3.05) is 27.2 Å². The van der Waals surface area contributed by atoms with Crippen LogP contribution in [0, 0.1) is 5.82 Å². The first-order valence-corrected chi connectivity index (χ1v) is 6.56. The van der Waals surface area contributed by atoms with Crippen LogP contribution < -0.4 is 5.32 Å². The van der Waals surface area contributed by atoms with E-state index in [9.17, 15) is 9.18 Å². The summed E-state index contributed by atoms with van der Waals surface area (Å²) in [5.74, 6) is -0.682. The highest BCUT2D eigenvalue weighted by Gasteiger charge is 2.09. The van der Waals surface area contributed by atoms with Crippen LogP contribution in [0.3, 0.4) is 0 Å². The molecule has 1 amide bonds. The monoisotopic (exact) mass is 275 g/mol. The fourth-order valence-corrected chi connectivity index (χ4v) is 1.93. The molecule has 0 radical (unpaired) electrons. The molecular formula is C15H18FN3O. The van der Waals surface area contributed by atoms with Crippen LogP contribution in [0.15, 0.2) is 30.3 Å². The Morgan fingerprint density at radius 1 is 1.30 bits per heavy atom. The quantitative estimate of drug-likeness (QED) is 0.850. The van der Waals surface area contributed by atoms with Gasteiger partial charge in [-0.05, 0) is 39.2 Å². The second kappa shape index (κ2) is 6.43. The number of halogens is 1. The number of nitrogens with zero attached hydrogens (tertiary/aromatic N) is 2. The number of hydrogen-bond donors (Lipinski definition) is 1. The van der Waals surface area contributed by atoms with Gasteiger partial charge in [0.15, 0.2) is 0 Å². The van der Waals surface area contributed by atoms with Gasteiger partial charge in [-0.15, -0.1) is 0 Å². The minimum absolute atomic E-state index is 0.230. The second-order valence-electron chi connectivity index (χ2n) is 4.92. The summed E-state index contributed by atoms with van der Waals surface area (Å²) in [5, 5.41) is 3.48. The number of fused-ring (bicyclic) bond motifs is 1. The zero-order chi connectivity index (χ0) is 14.5. The number of carbonyl (C=O) groups is 1. The summed E-state index contributed by atoms with van der Waals surface area (Å²) in [7, 11) is 3.96. The SMILES string of the molecule is CN(C)CCCNC(=O)c1ccc2cccc(F)c2n1. The Labute approximate surface area is 117 Å². The van der Waals surface area contributed by atoms with E-state index in [4.69, 9.17) is 0 Å². The number of carbonyl (C=O) groups excluding carboxylic acids is 1. The number of pyridine rings is 1. The van der Waals surface area contributed by atoms with Crippen molar-refractivity contribution < 1.29 is 9.18 Å². The van der Waals surface area contributed by atoms with Crippen LogP contribution in [-0.2, 0) is 0 Å². The molecule has 0 unspecified atom stereocenters. The molecule has 0 aliphatic rings. The normalized spacial score (nSPS) is 11.0. The summed E-state index contributed by atoms with van der Waals surface area (Å²) in [4.78, 5) is 18.1. The Balaban J connectivity index is 2.05. The minimum Gasteiger partial charge on any atom is -0.351 e. The molecular weight excluding hydrogens is 257 g/mol. The van der Waals surface area contributed by atoms with Crippen molar-refractivity contribution in [3.05, 3.63) is 41.8 Å². The van der Waals surface area contributed by atoms with Gasteiger partial charge in [-0.25, -0.2) is 9.37 Å². The lowest BCUT2D eigenvalue weighted by atomic mass is 10.2. The summed E-state index contributed by atoms with van der Waals surface area (Å²) in [6, 6.07) is 8.06. The van der Waals surface area contributed by atoms with E-state index >= 15 is 0 Å². The average molecular weight is 275 g/mol. The third kappa shape index (κ3) is 3.51. The molecule has 0 atom stereocenters. The number of para-hydroxylation sites is 1. The van der Waals surface area contributed by atoms with E-state index in [-0.39, 0.29) is 17.1 Å². The molecule has 0 aliphatic carbocycles. The van der Waals surface area contributed by atoms with Crippen LogP contribution >= 0.6 is 0 Å². The molecule has 2 rings (SSSR count). The molecule has 1 aromatic heterocycles. The lowest BCUT2D eigenvalue weighted by molar-refractivity contribution is 0.0947. The van der Waals surface area contributed by atoms with Crippen LogP contribution in [0.2, 0.25) is 0 Å². The Kier molecular flexibility index (Phi) is 4.63. The van der Waals surface area contributed by atoms with Crippen molar-refractivity contribution in [1.82, 2.24) is 15.2 Å². The number of nitrogens with one attached hydrogen (secondary N) is 1. The van der Waals surface area contributed by atoms with Gasteiger partial charge in [0, 0.05) is 11.9 Å². The molecule has 0 saturated heterocycles. The van der Waals surface area contributed by atoms with Crippen molar-refractivity contribution in [1.29, 1.82) is 0 Å². The number of aromatic nitrogens is 1. The maximum Gasteiger partial charge on any atom is 0.269 e. The first kappa shape index (κ1) is 14.4. The summed E-state index contributed by atoms with van der Waals surface area (Å²) < 4.78 is 13.6. The Morgan fingerprint density at radius 3 is 2.85 bits per heavy atom. The van der Waals surface area contributed by atoms with Crippen molar-refractivity contribution in [3.63, 3.8) is 0 Å². The first-order chi connectivity index (χ1) is 9.58. The van der Waals surface area contributed by atoms with Crippen LogP contribution in [0.25, 0.3) is 10.9 Å². The molecule has 20 heavy (non-hydrogen) atoms. The first-order valence-electron chi connectivity index (χ1n) is 6.56. The highest BCUT2D eigenvalue weighted by atomic mass is 19.1. The zero-order valence-corrected chi connectivity index (χ0v) is 11.7. The highest BCUT2D eigenvalue weighted by molar-refractivity contribution is 5.94. The van der Waals surface area contributed by atoms with Crippen molar-refractivity contribution >= 4 is 16.8 Å². The van der Waals surface area contributed by atoms with Gasteiger partial charge in [-0.1, -0.05) is 18.2 Å². The van der Waals surface area contributed by atoms with Crippen LogP contribution in [0.4, 0.5) is 4.39 Å². The lowest BCUT2D eigenvalue weighted by Gasteiger charge is -2.10. The van der Waals surface area contributed by atoms with Gasteiger partial charge >= 0.3 is 0 Å². The van der Waals surface area contributed by atoms with E-state index in [0.717, 1.165) is 13.0 Å². The van der Waals surface area contributed by atoms with E-state index in [1.807, 2.05) is 14.1 Å². The summed E-state index contributed by atoms with van der Waals surface area (Å²) in [6.45, 7) is 1.48. The number of amides is 1. The summed E-state index contributed by atoms with van der Waals surface area (Å²) >= 11 is 0. The van der Waals surface area contributed by atoms with Crippen LogP contribution in [-0.4, -0.2) is 43.0 Å². The van der Waals surface area contributed by atoms with E-state index in [2.05, 4.69) is 15.2 Å². The Morgan fingerprint density at radius 2 is 2.10 bits per heavy atom. The predicted molar refractivity (Wildman–Crippen MR) is 77.2 cm³/mol. The van der Waals surface area contributed by atoms with Gasteiger partial charge < -0.3 is 10.2 Å². The maximum atomic E-state index is 13.6. The Bertz CT molecular complexity index is 613. The number of hydrogen-bond acceptors (Lipinski definition) is 3. The summed E-state index contributed by atoms with van der Waals surface area (Å²) in [5.41, 5.74) is 0.473. The van der Waals surface area contributed by atoms with Crippen LogP contribution in [0.1, 0.15) is 16.9 Å². The molecule has 1 aromatic carbocycles. The molecule has 0 aliphatic heterocycles. The minimum atomic E-state index is -0.412. The lowest BCUT2D eigenvalue weighted by Crippen LogP contribution is -2.27. The molecule has 0 spiro atoms.